The van der Waals surface area contributed by atoms with Crippen molar-refractivity contribution in [3.05, 3.63) is 35.7 Å². The topological polar surface area (TPSA) is 79.9 Å². The molecule has 6 heteroatoms. The molecular weight excluding hydrogens is 206 g/mol. The minimum Gasteiger partial charge on any atom is -0.368 e. The minimum atomic E-state index is 0.148. The number of hydrogen-bond acceptors (Lipinski definition) is 5. The molecule has 1 fully saturated rings. The molecule has 1 aromatic carbocycles. The first-order valence-electron chi connectivity index (χ1n) is 4.77. The SMILES string of the molecule is N#Cc1cc([C@H]2CO2)ccc1-n1cnnn1. The highest BCUT2D eigenvalue weighted by molar-refractivity contribution is 5.50. The van der Waals surface area contributed by atoms with Crippen LogP contribution in [-0.4, -0.2) is 26.8 Å². The molecule has 1 atom stereocenters. The molecule has 1 aliphatic rings. The van der Waals surface area contributed by atoms with Gasteiger partial charge < -0.3 is 4.74 Å². The molecule has 0 unspecified atom stereocenters. The number of ether oxygens (including phenoxy) is 1. The first-order chi connectivity index (χ1) is 7.88. The summed E-state index contributed by atoms with van der Waals surface area (Å²) in [5.74, 6) is 0. The number of aromatic nitrogens is 4. The summed E-state index contributed by atoms with van der Waals surface area (Å²) < 4.78 is 6.64. The number of nitrogens with zero attached hydrogens (tertiary/aromatic N) is 5. The largest absolute Gasteiger partial charge is 0.368 e. The second-order valence-corrected chi connectivity index (χ2v) is 3.46. The predicted molar refractivity (Wildman–Crippen MR) is 52.6 cm³/mol. The molecule has 3 rings (SSSR count). The van der Waals surface area contributed by atoms with Gasteiger partial charge in [-0.05, 0) is 28.1 Å². The van der Waals surface area contributed by atoms with Gasteiger partial charge in [-0.15, -0.1) is 5.10 Å². The lowest BCUT2D eigenvalue weighted by atomic mass is 10.1. The van der Waals surface area contributed by atoms with Crippen molar-refractivity contribution in [2.45, 2.75) is 6.10 Å². The fraction of sp³-hybridized carbons (Fsp3) is 0.200. The van der Waals surface area contributed by atoms with Crippen molar-refractivity contribution in [2.24, 2.45) is 0 Å². The molecule has 2 heterocycles. The normalized spacial score (nSPS) is 18.1. The molecule has 0 saturated carbocycles. The number of nitriles is 1. The fourth-order valence-corrected chi connectivity index (χ4v) is 1.56. The monoisotopic (exact) mass is 213 g/mol. The van der Waals surface area contributed by atoms with Crippen LogP contribution >= 0.6 is 0 Å². The van der Waals surface area contributed by atoms with Gasteiger partial charge in [0.15, 0.2) is 0 Å². The maximum atomic E-state index is 9.07. The van der Waals surface area contributed by atoms with Gasteiger partial charge >= 0.3 is 0 Å². The van der Waals surface area contributed by atoms with Crippen LogP contribution in [0, 0.1) is 11.3 Å². The van der Waals surface area contributed by atoms with Crippen molar-refractivity contribution < 1.29 is 4.74 Å². The van der Waals surface area contributed by atoms with Gasteiger partial charge in [0, 0.05) is 0 Å². The molecule has 1 aliphatic heterocycles. The van der Waals surface area contributed by atoms with Gasteiger partial charge in [-0.25, -0.2) is 0 Å². The average molecular weight is 213 g/mol. The number of tetrazole rings is 1. The van der Waals surface area contributed by atoms with E-state index in [0.717, 1.165) is 12.2 Å². The Balaban J connectivity index is 2.09. The number of epoxide rings is 1. The summed E-state index contributed by atoms with van der Waals surface area (Å²) in [6, 6.07) is 7.70. The Kier molecular flexibility index (Phi) is 1.91. The molecule has 2 aromatic rings. The predicted octanol–water partition coefficient (Wildman–Crippen LogP) is 0.605. The summed E-state index contributed by atoms with van der Waals surface area (Å²) in [5.41, 5.74) is 2.24. The Hall–Kier alpha value is -2.26. The highest BCUT2D eigenvalue weighted by Gasteiger charge is 2.25. The minimum absolute atomic E-state index is 0.148. The van der Waals surface area contributed by atoms with Gasteiger partial charge in [-0.2, -0.15) is 9.94 Å². The van der Waals surface area contributed by atoms with Crippen LogP contribution in [0.4, 0.5) is 0 Å². The maximum absolute atomic E-state index is 9.07. The Morgan fingerprint density at radius 3 is 3.00 bits per heavy atom. The van der Waals surface area contributed by atoms with Crippen LogP contribution in [0.1, 0.15) is 17.2 Å². The van der Waals surface area contributed by atoms with Crippen LogP contribution in [0.15, 0.2) is 24.5 Å². The summed E-state index contributed by atoms with van der Waals surface area (Å²) >= 11 is 0. The lowest BCUT2D eigenvalue weighted by molar-refractivity contribution is 0.415. The number of hydrogen-bond donors (Lipinski definition) is 0. The smallest absolute Gasteiger partial charge is 0.143 e. The van der Waals surface area contributed by atoms with Gasteiger partial charge in [0.2, 0.25) is 0 Å². The highest BCUT2D eigenvalue weighted by atomic mass is 16.6. The van der Waals surface area contributed by atoms with Crippen LogP contribution in [-0.2, 0) is 4.74 Å². The molecule has 6 nitrogen and oxygen atoms in total. The molecule has 0 spiro atoms. The summed E-state index contributed by atoms with van der Waals surface area (Å²) in [5, 5.41) is 19.9. The quantitative estimate of drug-likeness (QED) is 0.682. The van der Waals surface area contributed by atoms with Crippen LogP contribution in [0.25, 0.3) is 5.69 Å². The van der Waals surface area contributed by atoms with Crippen molar-refractivity contribution in [3.63, 3.8) is 0 Å². The lowest BCUT2D eigenvalue weighted by Gasteiger charge is -2.03. The molecule has 0 aliphatic carbocycles. The summed E-state index contributed by atoms with van der Waals surface area (Å²) in [6.45, 7) is 0.731. The Labute approximate surface area is 91.1 Å². The fourth-order valence-electron chi connectivity index (χ4n) is 1.56. The van der Waals surface area contributed by atoms with E-state index in [4.69, 9.17) is 10.00 Å². The number of benzene rings is 1. The van der Waals surface area contributed by atoms with Crippen molar-refractivity contribution >= 4 is 0 Å². The van der Waals surface area contributed by atoms with E-state index in [1.807, 2.05) is 18.2 Å². The first-order valence-corrected chi connectivity index (χ1v) is 4.77. The zero-order chi connectivity index (χ0) is 11.0. The second kappa shape index (κ2) is 3.40. The molecule has 78 valence electrons. The Morgan fingerprint density at radius 2 is 2.38 bits per heavy atom. The molecule has 0 amide bonds. The van der Waals surface area contributed by atoms with Gasteiger partial charge in [0.05, 0.1) is 17.9 Å². The van der Waals surface area contributed by atoms with Crippen LogP contribution < -0.4 is 0 Å². The summed E-state index contributed by atoms with van der Waals surface area (Å²) in [7, 11) is 0. The van der Waals surface area contributed by atoms with E-state index in [-0.39, 0.29) is 6.10 Å². The molecule has 0 bridgehead atoms. The third kappa shape index (κ3) is 1.43. The van der Waals surface area contributed by atoms with Gasteiger partial charge in [0.25, 0.3) is 0 Å². The average Bonchev–Trinajstić information content (AvgIpc) is 3.04. The third-order valence-corrected chi connectivity index (χ3v) is 2.44. The molecule has 1 saturated heterocycles. The van der Waals surface area contributed by atoms with Gasteiger partial charge in [-0.3, -0.25) is 0 Å². The van der Waals surface area contributed by atoms with Crippen molar-refractivity contribution in [1.82, 2.24) is 20.2 Å². The van der Waals surface area contributed by atoms with Gasteiger partial charge in [0.1, 0.15) is 18.5 Å². The van der Waals surface area contributed by atoms with E-state index in [1.165, 1.54) is 11.0 Å². The Morgan fingerprint density at radius 1 is 1.50 bits per heavy atom. The standard InChI is InChI=1S/C10H7N5O/c11-4-8-3-7(10-5-16-10)1-2-9(8)15-6-12-13-14-15/h1-3,6,10H,5H2/t10-/m1/s1. The first kappa shape index (κ1) is 9.00. The van der Waals surface area contributed by atoms with Crippen LogP contribution in [0.3, 0.4) is 0 Å². The van der Waals surface area contributed by atoms with Crippen molar-refractivity contribution in [3.8, 4) is 11.8 Å². The maximum Gasteiger partial charge on any atom is 0.143 e. The van der Waals surface area contributed by atoms with Crippen LogP contribution in [0.5, 0.6) is 0 Å². The molecule has 16 heavy (non-hydrogen) atoms. The molecule has 1 aromatic heterocycles. The van der Waals surface area contributed by atoms with Crippen molar-refractivity contribution in [1.29, 1.82) is 5.26 Å². The lowest BCUT2D eigenvalue weighted by Crippen LogP contribution is -1.99. The summed E-state index contributed by atoms with van der Waals surface area (Å²) in [6.07, 6.45) is 1.61. The zero-order valence-corrected chi connectivity index (χ0v) is 8.24. The highest BCUT2D eigenvalue weighted by Crippen LogP contribution is 2.31. The molecule has 0 radical (unpaired) electrons. The summed E-state index contributed by atoms with van der Waals surface area (Å²) in [4.78, 5) is 0. The van der Waals surface area contributed by atoms with Crippen molar-refractivity contribution in [2.75, 3.05) is 6.61 Å². The number of rotatable bonds is 2. The van der Waals surface area contributed by atoms with Crippen LogP contribution in [0.2, 0.25) is 0 Å². The zero-order valence-electron chi connectivity index (χ0n) is 8.24. The third-order valence-electron chi connectivity index (χ3n) is 2.44. The van der Waals surface area contributed by atoms with E-state index in [1.54, 1.807) is 0 Å². The van der Waals surface area contributed by atoms with Gasteiger partial charge in [-0.1, -0.05) is 6.07 Å². The van der Waals surface area contributed by atoms with E-state index < -0.39 is 0 Å². The van der Waals surface area contributed by atoms with E-state index in [2.05, 4.69) is 21.6 Å². The Bertz CT molecular complexity index is 553. The van der Waals surface area contributed by atoms with E-state index in [9.17, 15) is 0 Å². The van der Waals surface area contributed by atoms with E-state index in [0.29, 0.717) is 11.3 Å². The van der Waals surface area contributed by atoms with E-state index >= 15 is 0 Å². The molecular formula is C10H7N5O. The molecule has 0 N–H and O–H groups in total. The second-order valence-electron chi connectivity index (χ2n) is 3.46.